The number of methoxy groups -OCH3 is 1. The summed E-state index contributed by atoms with van der Waals surface area (Å²) in [6.45, 7) is 3.59. The van der Waals surface area contributed by atoms with Gasteiger partial charge in [-0.25, -0.2) is 32.9 Å². The van der Waals surface area contributed by atoms with Gasteiger partial charge in [-0.05, 0) is 50.1 Å². The molecule has 0 amide bonds. The predicted octanol–water partition coefficient (Wildman–Crippen LogP) is 4.13. The number of carbonyl (C=O) groups is 1. The van der Waals surface area contributed by atoms with Gasteiger partial charge in [-0.2, -0.15) is 0 Å². The summed E-state index contributed by atoms with van der Waals surface area (Å²) >= 11 is 0. The first-order chi connectivity index (χ1) is 22.0. The number of aromatic nitrogens is 5. The van der Waals surface area contributed by atoms with E-state index in [9.17, 15) is 13.6 Å². The molecule has 1 aliphatic heterocycles. The summed E-state index contributed by atoms with van der Waals surface area (Å²) in [5.41, 5.74) is 14.4. The molecule has 4 aromatic rings. The summed E-state index contributed by atoms with van der Waals surface area (Å²) in [5, 5.41) is 0. The Labute approximate surface area is 262 Å². The maximum Gasteiger partial charge on any atom is 0.511 e. The molecule has 1 saturated heterocycles. The standard InChI is InChI=1S/C30H35F3N8O5/c1-17(2)46-29(42)45-16-44-23-5-4-18(8-20(23)31)21-9-19(12-41-15-39-26-27(34)37-14-38-28(26)41)22(11-36-21)40-7-6-24(43-3)30(35,13-40)10-25(32)33/h4-5,8-9,11,14-15,17,24-25H,6-7,10,12-13,16,35H2,1-3H3,(H2,34,37,38)/t24?,30-/m0/s1. The topological polar surface area (TPSA) is 166 Å². The summed E-state index contributed by atoms with van der Waals surface area (Å²) in [5.74, 6) is -0.625. The lowest BCUT2D eigenvalue weighted by Crippen LogP contribution is -2.64. The number of imidazole rings is 1. The summed E-state index contributed by atoms with van der Waals surface area (Å²) in [4.78, 5) is 30.7. The van der Waals surface area contributed by atoms with Crippen LogP contribution in [0.4, 0.5) is 29.5 Å². The number of halogens is 3. The van der Waals surface area contributed by atoms with E-state index in [1.54, 1.807) is 43.1 Å². The monoisotopic (exact) mass is 644 g/mol. The van der Waals surface area contributed by atoms with Gasteiger partial charge in [0.25, 0.3) is 0 Å². The largest absolute Gasteiger partial charge is 0.511 e. The molecule has 246 valence electrons. The summed E-state index contributed by atoms with van der Waals surface area (Å²) in [6, 6.07) is 6.02. The van der Waals surface area contributed by atoms with Gasteiger partial charge in [0, 0.05) is 32.2 Å². The molecule has 1 aromatic carbocycles. The number of nitrogens with two attached hydrogens (primary N) is 2. The molecule has 46 heavy (non-hydrogen) atoms. The molecular formula is C30H35F3N8O5. The van der Waals surface area contributed by atoms with Crippen molar-refractivity contribution in [2.45, 2.75) is 57.4 Å². The number of nitrogen functional groups attached to an aromatic ring is 1. The lowest BCUT2D eigenvalue weighted by molar-refractivity contribution is -0.0106. The second-order valence-corrected chi connectivity index (χ2v) is 11.2. The third kappa shape index (κ3) is 7.23. The number of hydrogen-bond donors (Lipinski definition) is 2. The first-order valence-corrected chi connectivity index (χ1v) is 14.5. The van der Waals surface area contributed by atoms with Crippen molar-refractivity contribution >= 4 is 28.8 Å². The molecule has 0 saturated carbocycles. The van der Waals surface area contributed by atoms with E-state index in [0.29, 0.717) is 41.1 Å². The van der Waals surface area contributed by atoms with E-state index in [4.69, 9.17) is 30.4 Å². The second kappa shape index (κ2) is 13.7. The molecule has 0 spiro atoms. The van der Waals surface area contributed by atoms with Gasteiger partial charge in [0.1, 0.15) is 11.8 Å². The van der Waals surface area contributed by atoms with E-state index in [-0.39, 0.29) is 30.8 Å². The van der Waals surface area contributed by atoms with Crippen molar-refractivity contribution in [1.82, 2.24) is 24.5 Å². The molecule has 0 radical (unpaired) electrons. The van der Waals surface area contributed by atoms with Crippen LogP contribution in [-0.2, 0) is 20.8 Å². The van der Waals surface area contributed by atoms with Crippen molar-refractivity contribution in [3.05, 3.63) is 54.5 Å². The summed E-state index contributed by atoms with van der Waals surface area (Å²) < 4.78 is 64.4. The number of fused-ring (bicyclic) bond motifs is 1. The highest BCUT2D eigenvalue weighted by Gasteiger charge is 2.43. The van der Waals surface area contributed by atoms with Gasteiger partial charge in [-0.3, -0.25) is 4.98 Å². The van der Waals surface area contributed by atoms with Crippen molar-refractivity contribution in [2.75, 3.05) is 37.6 Å². The van der Waals surface area contributed by atoms with Gasteiger partial charge < -0.3 is 39.9 Å². The Morgan fingerprint density at radius 3 is 2.70 bits per heavy atom. The van der Waals surface area contributed by atoms with E-state index < -0.39 is 43.3 Å². The average Bonchev–Trinajstić information content (AvgIpc) is 3.40. The minimum absolute atomic E-state index is 0.0944. The minimum atomic E-state index is -2.62. The zero-order chi connectivity index (χ0) is 33.0. The maximum absolute atomic E-state index is 15.1. The zero-order valence-corrected chi connectivity index (χ0v) is 25.5. The predicted molar refractivity (Wildman–Crippen MR) is 162 cm³/mol. The van der Waals surface area contributed by atoms with Crippen molar-refractivity contribution in [3.8, 4) is 17.0 Å². The number of ether oxygens (including phenoxy) is 4. The van der Waals surface area contributed by atoms with Crippen molar-refractivity contribution in [3.63, 3.8) is 0 Å². The van der Waals surface area contributed by atoms with Crippen molar-refractivity contribution < 1.29 is 36.9 Å². The summed E-state index contributed by atoms with van der Waals surface area (Å²) in [7, 11) is 1.47. The van der Waals surface area contributed by atoms with Crippen LogP contribution in [0.25, 0.3) is 22.4 Å². The van der Waals surface area contributed by atoms with Crippen molar-refractivity contribution in [1.29, 1.82) is 0 Å². The molecule has 1 unspecified atom stereocenters. The molecule has 1 aliphatic rings. The number of anilines is 2. The van der Waals surface area contributed by atoms with Crippen LogP contribution in [0.5, 0.6) is 5.75 Å². The SMILES string of the molecule is COC1CCN(c2cnc(-c3ccc(OCOC(=O)OC(C)C)c(F)c3)cc2Cn2cnc3c(N)ncnc32)C[C@@]1(N)CC(F)F. The van der Waals surface area contributed by atoms with Gasteiger partial charge in [-0.15, -0.1) is 0 Å². The fraction of sp³-hybridized carbons (Fsp3) is 0.433. The average molecular weight is 645 g/mol. The highest BCUT2D eigenvalue weighted by molar-refractivity contribution is 5.81. The Morgan fingerprint density at radius 2 is 1.98 bits per heavy atom. The lowest BCUT2D eigenvalue weighted by atomic mass is 9.83. The first-order valence-electron chi connectivity index (χ1n) is 14.5. The van der Waals surface area contributed by atoms with E-state index >= 15 is 4.39 Å². The van der Waals surface area contributed by atoms with Gasteiger partial charge in [-0.1, -0.05) is 0 Å². The smallest absolute Gasteiger partial charge is 0.454 e. The van der Waals surface area contributed by atoms with Gasteiger partial charge in [0.05, 0.1) is 48.2 Å². The van der Waals surface area contributed by atoms with Crippen molar-refractivity contribution in [2.24, 2.45) is 5.73 Å². The fourth-order valence-corrected chi connectivity index (χ4v) is 5.54. The molecule has 0 aliphatic carbocycles. The number of alkyl halides is 2. The van der Waals surface area contributed by atoms with Crippen LogP contribution >= 0.6 is 0 Å². The molecule has 13 nitrogen and oxygen atoms in total. The fourth-order valence-electron chi connectivity index (χ4n) is 5.54. The number of pyridine rings is 1. The van der Waals surface area contributed by atoms with Crippen LogP contribution < -0.4 is 21.1 Å². The van der Waals surface area contributed by atoms with Crippen LogP contribution in [0.2, 0.25) is 0 Å². The number of benzene rings is 1. The quantitative estimate of drug-likeness (QED) is 0.177. The minimum Gasteiger partial charge on any atom is -0.454 e. The Balaban J connectivity index is 1.46. The summed E-state index contributed by atoms with van der Waals surface area (Å²) in [6.07, 6.45) is -0.0802. The molecule has 5 rings (SSSR count). The molecule has 0 bridgehead atoms. The molecule has 2 atom stereocenters. The first kappa shape index (κ1) is 32.7. The maximum atomic E-state index is 15.1. The number of rotatable bonds is 11. The molecule has 16 heteroatoms. The van der Waals surface area contributed by atoms with Gasteiger partial charge >= 0.3 is 6.16 Å². The third-order valence-electron chi connectivity index (χ3n) is 7.63. The van der Waals surface area contributed by atoms with Crippen LogP contribution in [0.15, 0.2) is 43.1 Å². The molecular weight excluding hydrogens is 609 g/mol. The Bertz CT molecular complexity index is 1690. The molecule has 4 heterocycles. The van der Waals surface area contributed by atoms with Crippen LogP contribution in [0, 0.1) is 5.82 Å². The molecule has 1 fully saturated rings. The zero-order valence-electron chi connectivity index (χ0n) is 25.5. The normalized spacial score (nSPS) is 18.4. The van der Waals surface area contributed by atoms with E-state index in [1.807, 2.05) is 4.90 Å². The van der Waals surface area contributed by atoms with Gasteiger partial charge in [0.2, 0.25) is 13.2 Å². The number of hydrogen-bond acceptors (Lipinski definition) is 12. The number of nitrogens with zero attached hydrogens (tertiary/aromatic N) is 6. The van der Waals surface area contributed by atoms with Gasteiger partial charge in [0.15, 0.2) is 23.0 Å². The second-order valence-electron chi connectivity index (χ2n) is 11.2. The Hall–Kier alpha value is -4.70. The highest BCUT2D eigenvalue weighted by atomic mass is 19.3. The highest BCUT2D eigenvalue weighted by Crippen LogP contribution is 2.34. The van der Waals surface area contributed by atoms with Crippen LogP contribution in [0.1, 0.15) is 32.3 Å². The van der Waals surface area contributed by atoms with E-state index in [2.05, 4.69) is 19.9 Å². The lowest BCUT2D eigenvalue weighted by Gasteiger charge is -2.46. The third-order valence-corrected chi connectivity index (χ3v) is 7.63. The van der Waals surface area contributed by atoms with E-state index in [1.165, 1.54) is 25.6 Å². The Morgan fingerprint density at radius 1 is 1.17 bits per heavy atom. The number of carbonyl (C=O) groups excluding carboxylic acids is 1. The number of piperidine rings is 1. The van der Waals surface area contributed by atoms with Crippen LogP contribution in [-0.4, -0.2) is 81.8 Å². The van der Waals surface area contributed by atoms with E-state index in [0.717, 1.165) is 5.56 Å². The molecule has 4 N–H and O–H groups in total. The van der Waals surface area contributed by atoms with Crippen LogP contribution in [0.3, 0.4) is 0 Å². The molecule has 3 aromatic heterocycles. The Kier molecular flexibility index (Phi) is 9.76.